The van der Waals surface area contributed by atoms with E-state index >= 15 is 0 Å². The van der Waals surface area contributed by atoms with E-state index in [0.717, 1.165) is 0 Å². The molecule has 0 atom stereocenters. The van der Waals surface area contributed by atoms with Gasteiger partial charge in [0.1, 0.15) is 0 Å². The first kappa shape index (κ1) is 58.8. The lowest BCUT2D eigenvalue weighted by Crippen LogP contribution is -2.74. The first-order chi connectivity index (χ1) is 25.9. The van der Waals surface area contributed by atoms with Crippen LogP contribution in [-0.2, 0) is 0 Å². The predicted molar refractivity (Wildman–Crippen MR) is 133 cm³/mol. The molecule has 4 N–H and O–H groups in total. The van der Waals surface area contributed by atoms with Crippen LogP contribution in [0.15, 0.2) is 0 Å². The summed E-state index contributed by atoms with van der Waals surface area (Å²) in [4.78, 5) is 0. The van der Waals surface area contributed by atoms with Crippen molar-refractivity contribution in [3.63, 3.8) is 0 Å². The molecule has 0 fully saturated rings. The summed E-state index contributed by atoms with van der Waals surface area (Å²) in [5.74, 6) is -117. The Morgan fingerprint density at radius 2 is 0.393 bits per heavy atom. The van der Waals surface area contributed by atoms with E-state index in [4.69, 9.17) is 10.8 Å². The van der Waals surface area contributed by atoms with Crippen molar-refractivity contribution in [2.45, 2.75) is 146 Å². The summed E-state index contributed by atoms with van der Waals surface area (Å²) in [6.07, 6.45) is -28.2. The smallest absolute Gasteiger partial charge is 0.339 e. The molecule has 0 saturated carbocycles. The molecule has 0 aliphatic rings. The SMILES string of the molecule is N[Si](N)(CCCCC(F)(F)C(F)(F)C(F)(F)C(F)(F)C(F)(F)C(F)(F)C(F)(F)C(F)(F)F)CCCCC(F)(F)C(F)(F)C(F)(F)C(F)(F)C(F)(F)C(F)(F)C(F)(F)C(F)(F)F. The second kappa shape index (κ2) is 16.0. The minimum Gasteiger partial charge on any atom is -0.339 e. The molecule has 0 aromatic heterocycles. The fraction of sp³-hybridized carbons (Fsp3) is 1.00. The molecule has 0 saturated heterocycles. The lowest BCUT2D eigenvalue weighted by molar-refractivity contribution is -0.461. The molecule has 0 amide bonds. The average molecular weight is 1010 g/mol. The fourth-order valence-electron chi connectivity index (χ4n) is 4.43. The van der Waals surface area contributed by atoms with Crippen LogP contribution in [-0.4, -0.2) is 104 Å². The molecule has 0 radical (unpaired) electrons. The van der Waals surface area contributed by atoms with E-state index in [-0.39, 0.29) is 0 Å². The highest BCUT2D eigenvalue weighted by Gasteiger charge is 2.96. The molecular formula is C24H20F34N2Si. The summed E-state index contributed by atoms with van der Waals surface area (Å²) < 4.78 is 454. The topological polar surface area (TPSA) is 52.0 Å². The van der Waals surface area contributed by atoms with Gasteiger partial charge in [-0.2, -0.15) is 149 Å². The minimum atomic E-state index is -8.91. The molecule has 0 aliphatic heterocycles. The Kier molecular flexibility index (Phi) is 15.4. The number of hydrogen-bond donors (Lipinski definition) is 2. The Hall–Kier alpha value is -2.24. The van der Waals surface area contributed by atoms with Crippen molar-refractivity contribution < 1.29 is 149 Å². The number of hydrogen-bond acceptors (Lipinski definition) is 2. The van der Waals surface area contributed by atoms with Gasteiger partial charge >= 0.3 is 95.3 Å². The standard InChI is InChI=1S/C24H20F34N2Si/c25-9(26,11(29,30)13(33,34)15(37,38)17(41,42)19(45,46)21(49,50)23(53,54)55)5-1-3-7-61(59,60)8-4-2-6-10(27,28)12(31,32)14(35,36)16(39,40)18(43,44)20(47,48)22(51,52)24(56,57)58/h1-8,59-60H2. The van der Waals surface area contributed by atoms with Crippen molar-refractivity contribution in [1.29, 1.82) is 0 Å². The third kappa shape index (κ3) is 8.94. The van der Waals surface area contributed by atoms with Gasteiger partial charge in [0.2, 0.25) is 0 Å². The van der Waals surface area contributed by atoms with Crippen molar-refractivity contribution in [3.8, 4) is 0 Å². The van der Waals surface area contributed by atoms with E-state index in [0.29, 0.717) is 0 Å². The van der Waals surface area contributed by atoms with Crippen molar-refractivity contribution in [2.24, 2.45) is 10.8 Å². The summed E-state index contributed by atoms with van der Waals surface area (Å²) in [5, 5.41) is 10.7. The molecule has 0 aliphatic carbocycles. The summed E-state index contributed by atoms with van der Waals surface area (Å²) in [6, 6.07) is -2.30. The second-order valence-electron chi connectivity index (χ2n) is 12.9. The van der Waals surface area contributed by atoms with Crippen molar-refractivity contribution in [3.05, 3.63) is 0 Å². The van der Waals surface area contributed by atoms with Crippen LogP contribution in [0.25, 0.3) is 0 Å². The maximum absolute atomic E-state index is 14.0. The third-order valence-electron chi connectivity index (χ3n) is 8.34. The molecule has 0 bridgehead atoms. The average Bonchev–Trinajstić information content (AvgIpc) is 3.02. The van der Waals surface area contributed by atoms with Crippen LogP contribution in [0.4, 0.5) is 149 Å². The minimum absolute atomic E-state index is 1.15. The van der Waals surface area contributed by atoms with Crippen molar-refractivity contribution in [1.82, 2.24) is 0 Å². The number of alkyl halides is 34. The highest BCUT2D eigenvalue weighted by Crippen LogP contribution is 2.66. The molecule has 368 valence electrons. The number of halogens is 34. The molecule has 0 rings (SSSR count). The van der Waals surface area contributed by atoms with Gasteiger partial charge < -0.3 is 10.8 Å². The van der Waals surface area contributed by atoms with E-state index in [9.17, 15) is 149 Å². The summed E-state index contributed by atoms with van der Waals surface area (Å²) in [5.41, 5.74) is 0. The quantitative estimate of drug-likeness (QED) is 0.0645. The highest BCUT2D eigenvalue weighted by molar-refractivity contribution is 6.73. The van der Waals surface area contributed by atoms with E-state index in [1.54, 1.807) is 0 Å². The highest BCUT2D eigenvalue weighted by atomic mass is 28.3. The Morgan fingerprint density at radius 3 is 0.574 bits per heavy atom. The molecule has 2 nitrogen and oxygen atoms in total. The van der Waals surface area contributed by atoms with Crippen LogP contribution < -0.4 is 10.8 Å². The number of nitrogens with two attached hydrogens (primary N) is 2. The fourth-order valence-corrected chi connectivity index (χ4v) is 6.50. The molecular weight excluding hydrogens is 990 g/mol. The summed E-state index contributed by atoms with van der Waals surface area (Å²) in [6.45, 7) is 0. The van der Waals surface area contributed by atoms with Crippen LogP contribution in [0, 0.1) is 0 Å². The Bertz CT molecular complexity index is 1380. The van der Waals surface area contributed by atoms with Crippen LogP contribution in [0.3, 0.4) is 0 Å². The molecule has 0 aromatic rings. The first-order valence-corrected chi connectivity index (χ1v) is 17.5. The van der Waals surface area contributed by atoms with E-state index in [2.05, 4.69) is 0 Å². The maximum Gasteiger partial charge on any atom is 0.460 e. The number of unbranched alkanes of at least 4 members (excludes halogenated alkanes) is 2. The van der Waals surface area contributed by atoms with Gasteiger partial charge in [-0.05, 0) is 24.9 Å². The number of rotatable bonds is 22. The molecule has 0 spiro atoms. The van der Waals surface area contributed by atoms with Crippen LogP contribution >= 0.6 is 0 Å². The van der Waals surface area contributed by atoms with Crippen molar-refractivity contribution in [2.75, 3.05) is 0 Å². The van der Waals surface area contributed by atoms with E-state index in [1.165, 1.54) is 0 Å². The zero-order valence-electron chi connectivity index (χ0n) is 28.2. The lowest BCUT2D eigenvalue weighted by Gasteiger charge is -2.42. The maximum atomic E-state index is 14.0. The van der Waals surface area contributed by atoms with Gasteiger partial charge in [0, 0.05) is 12.8 Å². The normalized spacial score (nSPS) is 16.7. The van der Waals surface area contributed by atoms with E-state index in [1.807, 2.05) is 0 Å². The lowest BCUT2D eigenvalue weighted by atomic mass is 9.88. The van der Waals surface area contributed by atoms with Gasteiger partial charge in [-0.15, -0.1) is 0 Å². The van der Waals surface area contributed by atoms with Crippen LogP contribution in [0.1, 0.15) is 38.5 Å². The van der Waals surface area contributed by atoms with Gasteiger partial charge in [-0.3, -0.25) is 0 Å². The first-order valence-electron chi connectivity index (χ1n) is 14.9. The monoisotopic (exact) mass is 1010 g/mol. The zero-order valence-corrected chi connectivity index (χ0v) is 29.2. The largest absolute Gasteiger partial charge is 0.460 e. The molecule has 61 heavy (non-hydrogen) atoms. The van der Waals surface area contributed by atoms with E-state index < -0.39 is 154 Å². The van der Waals surface area contributed by atoms with Gasteiger partial charge in [-0.1, -0.05) is 12.8 Å². The van der Waals surface area contributed by atoms with Crippen LogP contribution in [0.5, 0.6) is 0 Å². The Balaban J connectivity index is 5.93. The zero-order chi connectivity index (χ0) is 50.2. The summed E-state index contributed by atoms with van der Waals surface area (Å²) >= 11 is 0. The van der Waals surface area contributed by atoms with Gasteiger partial charge in [0.05, 0.1) is 0 Å². The van der Waals surface area contributed by atoms with Crippen molar-refractivity contribution >= 4 is 8.40 Å². The van der Waals surface area contributed by atoms with Crippen LogP contribution in [0.2, 0.25) is 12.1 Å². The second-order valence-corrected chi connectivity index (χ2v) is 16.4. The summed E-state index contributed by atoms with van der Waals surface area (Å²) in [7, 11) is -4.37. The molecule has 0 unspecified atom stereocenters. The Morgan fingerprint density at radius 1 is 0.230 bits per heavy atom. The predicted octanol–water partition coefficient (Wildman–Crippen LogP) is 12.7. The molecule has 0 aromatic carbocycles. The third-order valence-corrected chi connectivity index (χ3v) is 10.9. The van der Waals surface area contributed by atoms with Gasteiger partial charge in [0.25, 0.3) is 0 Å². The van der Waals surface area contributed by atoms with Gasteiger partial charge in [0.15, 0.2) is 8.40 Å². The van der Waals surface area contributed by atoms with Gasteiger partial charge in [-0.25, -0.2) is 0 Å². The molecule has 0 heterocycles. The molecule has 37 heteroatoms. The Labute approximate surface area is 315 Å².